The first-order valence-electron chi connectivity index (χ1n) is 13.8. The van der Waals surface area contributed by atoms with Crippen LogP contribution in [0.25, 0.3) is 43.1 Å². The van der Waals surface area contributed by atoms with Gasteiger partial charge in [0.05, 0.1) is 16.2 Å². The number of benzene rings is 4. The van der Waals surface area contributed by atoms with Crippen LogP contribution < -0.4 is 22.0 Å². The summed E-state index contributed by atoms with van der Waals surface area (Å²) < 4.78 is 60.1. The Morgan fingerprint density at radius 3 is 1.41 bits per heavy atom. The van der Waals surface area contributed by atoms with Gasteiger partial charge < -0.3 is 30.1 Å². The standard InChI is InChI=1S/C32H16F4N8O2/c33-20-18-19(21(34)23(36)22(20)35)32-43-30-17-15(9-10-16(45)24(17)46)29(42-30)40-27-12-6-2-1-5-11(12)25(38-27)37-26-13-7-3-4-8-14(13)28(39-26)41-31(18)44-32/h1-10,45-46H,(H4,37,38,39,40,41,42,43,44). The smallest absolute Gasteiger partial charge is 0.198 e. The number of nitrogens with one attached hydrogen (secondary N) is 4. The molecule has 0 spiro atoms. The third-order valence-corrected chi connectivity index (χ3v) is 8.11. The van der Waals surface area contributed by atoms with Crippen LogP contribution in [-0.2, 0) is 0 Å². The van der Waals surface area contributed by atoms with E-state index in [4.69, 9.17) is 9.98 Å². The fourth-order valence-corrected chi connectivity index (χ4v) is 6.00. The van der Waals surface area contributed by atoms with E-state index in [9.17, 15) is 19.0 Å². The summed E-state index contributed by atoms with van der Waals surface area (Å²) >= 11 is 0. The number of halogens is 4. The summed E-state index contributed by atoms with van der Waals surface area (Å²) in [5.74, 6) is -7.94. The summed E-state index contributed by atoms with van der Waals surface area (Å²) in [6, 6.07) is 17.2. The molecule has 0 aliphatic carbocycles. The summed E-state index contributed by atoms with van der Waals surface area (Å²) in [6.07, 6.45) is 0. The highest BCUT2D eigenvalue weighted by molar-refractivity contribution is 6.05. The lowest BCUT2D eigenvalue weighted by atomic mass is 10.1. The second-order valence-corrected chi connectivity index (χ2v) is 10.7. The highest BCUT2D eigenvalue weighted by Crippen LogP contribution is 2.43. The van der Waals surface area contributed by atoms with E-state index in [2.05, 4.69) is 29.9 Å². The van der Waals surface area contributed by atoms with Gasteiger partial charge in [-0.05, 0) is 12.1 Å². The number of aromatic nitrogens is 4. The third-order valence-electron chi connectivity index (χ3n) is 8.11. The lowest BCUT2D eigenvalue weighted by molar-refractivity contribution is 0.408. The minimum Gasteiger partial charge on any atom is -0.504 e. The Balaban J connectivity index is 1.55. The Morgan fingerprint density at radius 2 is 0.848 bits per heavy atom. The second-order valence-electron chi connectivity index (χ2n) is 10.7. The van der Waals surface area contributed by atoms with Crippen LogP contribution in [0.1, 0.15) is 0 Å². The number of phenolic OH excluding ortho intramolecular Hbond substituents is 2. The quantitative estimate of drug-likeness (QED) is 0.0558. The van der Waals surface area contributed by atoms with Gasteiger partial charge in [0.2, 0.25) is 0 Å². The summed E-state index contributed by atoms with van der Waals surface area (Å²) in [5.41, 5.74) is 0.0272. The fourth-order valence-electron chi connectivity index (χ4n) is 6.00. The Kier molecular flexibility index (Phi) is 5.11. The first-order valence-corrected chi connectivity index (χ1v) is 13.8. The van der Waals surface area contributed by atoms with Gasteiger partial charge in [0, 0.05) is 26.9 Å². The topological polar surface area (TPSA) is 153 Å². The number of H-pyrrole nitrogens is 4. The molecule has 8 aromatic rings. The molecular weight excluding hydrogens is 604 g/mol. The van der Waals surface area contributed by atoms with Crippen molar-refractivity contribution in [3.05, 3.63) is 106 Å². The molecule has 14 heteroatoms. The molecule has 1 aliphatic heterocycles. The molecule has 0 saturated heterocycles. The van der Waals surface area contributed by atoms with E-state index in [0.29, 0.717) is 38.3 Å². The number of aromatic amines is 4. The van der Waals surface area contributed by atoms with Gasteiger partial charge in [-0.3, -0.25) is 0 Å². The minimum atomic E-state index is -2.04. The molecule has 10 nitrogen and oxygen atoms in total. The lowest BCUT2D eigenvalue weighted by Crippen LogP contribution is -2.10. The van der Waals surface area contributed by atoms with Gasteiger partial charge in [-0.1, -0.05) is 48.5 Å². The summed E-state index contributed by atoms with van der Waals surface area (Å²) in [7, 11) is 0. The molecule has 8 bridgehead atoms. The van der Waals surface area contributed by atoms with E-state index in [1.165, 1.54) is 12.1 Å². The van der Waals surface area contributed by atoms with E-state index in [0.717, 1.165) is 5.39 Å². The van der Waals surface area contributed by atoms with Crippen molar-refractivity contribution in [1.29, 1.82) is 0 Å². The van der Waals surface area contributed by atoms with Crippen LogP contribution >= 0.6 is 0 Å². The van der Waals surface area contributed by atoms with Crippen LogP contribution in [-0.4, -0.2) is 30.1 Å². The Hall–Kier alpha value is -6.44. The number of nitrogens with zero attached hydrogens (tertiary/aromatic N) is 4. The van der Waals surface area contributed by atoms with E-state index in [1.807, 2.05) is 24.3 Å². The average molecular weight is 621 g/mol. The molecule has 4 aromatic heterocycles. The molecule has 1 aliphatic rings. The maximum absolute atomic E-state index is 15.4. The van der Waals surface area contributed by atoms with Gasteiger partial charge in [0.15, 0.2) is 34.8 Å². The van der Waals surface area contributed by atoms with Gasteiger partial charge in [-0.15, -0.1) is 0 Å². The number of rotatable bonds is 0. The molecule has 6 N–H and O–H groups in total. The zero-order chi connectivity index (χ0) is 31.4. The van der Waals surface area contributed by atoms with Crippen molar-refractivity contribution >= 4 is 66.4 Å². The predicted molar refractivity (Wildman–Crippen MR) is 160 cm³/mol. The molecule has 0 radical (unpaired) electrons. The zero-order valence-corrected chi connectivity index (χ0v) is 23.0. The minimum absolute atomic E-state index is 0.0203. The number of phenols is 2. The van der Waals surface area contributed by atoms with E-state index < -0.39 is 51.0 Å². The number of hydrogen-bond donors (Lipinski definition) is 6. The SMILES string of the molecule is Oc1ccc2c3[nH]c(c2c1O)N=c1[nH]c(c2c(F)c(F)c(F)c(F)c12)=Nc1[nH]c(c2ccccc12)N=c1[nH]c(c2ccccc12)=N3. The Labute approximate surface area is 251 Å². The first kappa shape index (κ1) is 26.0. The maximum Gasteiger partial charge on any atom is 0.198 e. The molecule has 9 rings (SSSR count). The van der Waals surface area contributed by atoms with Gasteiger partial charge in [0.25, 0.3) is 0 Å². The van der Waals surface area contributed by atoms with Crippen LogP contribution in [0.4, 0.5) is 40.8 Å². The second kappa shape index (κ2) is 9.04. The molecular formula is C32H16F4N8O2. The van der Waals surface area contributed by atoms with Gasteiger partial charge in [-0.25, -0.2) is 37.5 Å². The molecule has 224 valence electrons. The van der Waals surface area contributed by atoms with Crippen molar-refractivity contribution in [3.8, 4) is 11.5 Å². The molecule has 4 aromatic carbocycles. The Bertz CT molecular complexity index is 2900. The van der Waals surface area contributed by atoms with Gasteiger partial charge in [-0.2, -0.15) is 0 Å². The molecule has 46 heavy (non-hydrogen) atoms. The van der Waals surface area contributed by atoms with Crippen molar-refractivity contribution < 1.29 is 27.8 Å². The van der Waals surface area contributed by atoms with Crippen LogP contribution in [0.2, 0.25) is 0 Å². The lowest BCUT2D eigenvalue weighted by Gasteiger charge is -2.00. The number of fused-ring (bicyclic) bond motifs is 20. The molecule has 0 fully saturated rings. The van der Waals surface area contributed by atoms with E-state index in [1.54, 1.807) is 24.3 Å². The Morgan fingerprint density at radius 1 is 0.413 bits per heavy atom. The van der Waals surface area contributed by atoms with Gasteiger partial charge in [0.1, 0.15) is 45.2 Å². The normalized spacial score (nSPS) is 12.8. The van der Waals surface area contributed by atoms with Crippen molar-refractivity contribution in [2.24, 2.45) is 20.0 Å². The predicted octanol–water partition coefficient (Wildman–Crippen LogP) is 5.70. The van der Waals surface area contributed by atoms with E-state index >= 15 is 8.78 Å². The van der Waals surface area contributed by atoms with Crippen LogP contribution in [0.15, 0.2) is 80.6 Å². The zero-order valence-electron chi connectivity index (χ0n) is 23.0. The third kappa shape index (κ3) is 3.45. The fraction of sp³-hybridized carbons (Fsp3) is 0. The van der Waals surface area contributed by atoms with Crippen LogP contribution in [0.3, 0.4) is 0 Å². The molecule has 0 unspecified atom stereocenters. The van der Waals surface area contributed by atoms with Crippen molar-refractivity contribution in [2.75, 3.05) is 0 Å². The first-order chi connectivity index (χ1) is 22.3. The van der Waals surface area contributed by atoms with E-state index in [-0.39, 0.29) is 28.3 Å². The highest BCUT2D eigenvalue weighted by Gasteiger charge is 2.26. The van der Waals surface area contributed by atoms with Crippen LogP contribution in [0.5, 0.6) is 11.5 Å². The molecule has 0 atom stereocenters. The van der Waals surface area contributed by atoms with Crippen molar-refractivity contribution in [2.45, 2.75) is 0 Å². The van der Waals surface area contributed by atoms with Crippen molar-refractivity contribution in [3.63, 3.8) is 0 Å². The largest absolute Gasteiger partial charge is 0.504 e. The molecule has 0 amide bonds. The number of hydrogen-bond acceptors (Lipinski definition) is 6. The molecule has 0 saturated carbocycles. The van der Waals surface area contributed by atoms with Crippen LogP contribution in [0, 0.1) is 23.3 Å². The number of aromatic hydroxyl groups is 2. The maximum atomic E-state index is 15.4. The highest BCUT2D eigenvalue weighted by atomic mass is 19.2. The summed E-state index contributed by atoms with van der Waals surface area (Å²) in [6.45, 7) is 0. The average Bonchev–Trinajstić information content (AvgIpc) is 3.79. The van der Waals surface area contributed by atoms with Gasteiger partial charge >= 0.3 is 0 Å². The summed E-state index contributed by atoms with van der Waals surface area (Å²) in [5, 5.41) is 22.7. The van der Waals surface area contributed by atoms with Crippen molar-refractivity contribution in [1.82, 2.24) is 19.9 Å². The summed E-state index contributed by atoms with van der Waals surface area (Å²) in [4.78, 5) is 30.5. The monoisotopic (exact) mass is 620 g/mol. The molecule has 5 heterocycles.